The van der Waals surface area contributed by atoms with Crippen LogP contribution in [0.5, 0.6) is 0 Å². The molecule has 4 rings (SSSR count). The summed E-state index contributed by atoms with van der Waals surface area (Å²) in [7, 11) is 8.03. The molecule has 0 aliphatic carbocycles. The number of esters is 1. The number of nitrogens with one attached hydrogen (secondary N) is 1. The minimum absolute atomic E-state index is 0.0524. The Labute approximate surface area is 218 Å². The average Bonchev–Trinajstić information content (AvgIpc) is 2.84. The molecule has 0 bridgehead atoms. The van der Waals surface area contributed by atoms with Gasteiger partial charge in [0.15, 0.2) is 5.78 Å². The van der Waals surface area contributed by atoms with Gasteiger partial charge in [-0.05, 0) is 69.5 Å². The summed E-state index contributed by atoms with van der Waals surface area (Å²) in [6.45, 7) is 3.39. The van der Waals surface area contributed by atoms with Crippen LogP contribution in [-0.2, 0) is 17.8 Å². The zero-order chi connectivity index (χ0) is 26.7. The van der Waals surface area contributed by atoms with E-state index in [-0.39, 0.29) is 23.5 Å². The molecular formula is C30H34FN3O3. The quantitative estimate of drug-likeness (QED) is 0.423. The smallest absolute Gasteiger partial charge is 0.339 e. The monoisotopic (exact) mass is 503 g/mol. The van der Waals surface area contributed by atoms with Crippen molar-refractivity contribution in [1.29, 1.82) is 0 Å². The topological polar surface area (TPSA) is 61.9 Å². The number of nitrogens with zero attached hydrogens (tertiary/aromatic N) is 2. The summed E-state index contributed by atoms with van der Waals surface area (Å²) in [6.07, 6.45) is 0. The van der Waals surface area contributed by atoms with Gasteiger partial charge in [-0.2, -0.15) is 0 Å². The molecular weight excluding hydrogens is 469 g/mol. The maximum atomic E-state index is 14.6. The number of anilines is 1. The predicted octanol–water partition coefficient (Wildman–Crippen LogP) is 5.26. The Hall–Kier alpha value is -3.55. The van der Waals surface area contributed by atoms with Crippen molar-refractivity contribution in [3.63, 3.8) is 0 Å². The minimum atomic E-state index is -0.708. The van der Waals surface area contributed by atoms with Crippen LogP contribution in [0, 0.1) is 5.82 Å². The number of hydrogen-bond donors (Lipinski definition) is 1. The molecule has 6 nitrogen and oxygen atoms in total. The highest BCUT2D eigenvalue weighted by Gasteiger charge is 2.40. The van der Waals surface area contributed by atoms with Gasteiger partial charge in [0.25, 0.3) is 0 Å². The van der Waals surface area contributed by atoms with Gasteiger partial charge >= 0.3 is 5.97 Å². The van der Waals surface area contributed by atoms with Crippen molar-refractivity contribution in [2.24, 2.45) is 0 Å². The molecule has 3 aromatic rings. The summed E-state index contributed by atoms with van der Waals surface area (Å²) in [6, 6.07) is 18.0. The molecule has 1 aliphatic rings. The molecule has 194 valence electrons. The number of ketones is 1. The summed E-state index contributed by atoms with van der Waals surface area (Å²) in [4.78, 5) is 31.0. The van der Waals surface area contributed by atoms with Crippen LogP contribution in [0.1, 0.15) is 61.9 Å². The molecule has 0 saturated carbocycles. The Kier molecular flexibility index (Phi) is 8.05. The first-order valence-corrected chi connectivity index (χ1v) is 12.5. The fourth-order valence-corrected chi connectivity index (χ4v) is 4.92. The van der Waals surface area contributed by atoms with Gasteiger partial charge in [0.05, 0.1) is 29.7 Å². The third kappa shape index (κ3) is 5.89. The van der Waals surface area contributed by atoms with E-state index in [1.807, 2.05) is 76.7 Å². The summed E-state index contributed by atoms with van der Waals surface area (Å²) >= 11 is 0. The summed E-state index contributed by atoms with van der Waals surface area (Å²) in [5.41, 5.74) is 4.43. The Morgan fingerprint density at radius 2 is 1.43 bits per heavy atom. The lowest BCUT2D eigenvalue weighted by Gasteiger charge is -2.35. The van der Waals surface area contributed by atoms with Crippen molar-refractivity contribution in [3.05, 3.63) is 99.9 Å². The minimum Gasteiger partial charge on any atom is -0.462 e. The van der Waals surface area contributed by atoms with E-state index in [2.05, 4.69) is 15.1 Å². The third-order valence-electron chi connectivity index (χ3n) is 6.45. The second-order valence-electron chi connectivity index (χ2n) is 10.0. The lowest BCUT2D eigenvalue weighted by atomic mass is 9.77. The molecule has 7 heteroatoms. The average molecular weight is 504 g/mol. The second kappa shape index (κ2) is 11.2. The van der Waals surface area contributed by atoms with Crippen molar-refractivity contribution >= 4 is 17.4 Å². The number of halogens is 1. The van der Waals surface area contributed by atoms with Crippen LogP contribution < -0.4 is 5.32 Å². The van der Waals surface area contributed by atoms with Crippen molar-refractivity contribution in [2.45, 2.75) is 32.0 Å². The van der Waals surface area contributed by atoms with E-state index in [9.17, 15) is 14.0 Å². The zero-order valence-corrected chi connectivity index (χ0v) is 22.0. The summed E-state index contributed by atoms with van der Waals surface area (Å²) in [5.74, 6) is -2.16. The van der Waals surface area contributed by atoms with Gasteiger partial charge in [0, 0.05) is 18.8 Å². The fourth-order valence-electron chi connectivity index (χ4n) is 4.92. The van der Waals surface area contributed by atoms with Crippen molar-refractivity contribution in [2.75, 3.05) is 40.1 Å². The first-order chi connectivity index (χ1) is 17.7. The van der Waals surface area contributed by atoms with Crippen LogP contribution in [0.3, 0.4) is 0 Å². The number of ether oxygens (including phenoxy) is 1. The predicted molar refractivity (Wildman–Crippen MR) is 143 cm³/mol. The van der Waals surface area contributed by atoms with Crippen LogP contribution in [-0.4, -0.2) is 56.3 Å². The van der Waals surface area contributed by atoms with E-state index >= 15 is 0 Å². The Balaban J connectivity index is 1.82. The molecule has 0 radical (unpaired) electrons. The highest BCUT2D eigenvalue weighted by Crippen LogP contribution is 2.44. The third-order valence-corrected chi connectivity index (χ3v) is 6.45. The maximum absolute atomic E-state index is 14.6. The largest absolute Gasteiger partial charge is 0.462 e. The van der Waals surface area contributed by atoms with E-state index in [0.29, 0.717) is 5.69 Å². The first kappa shape index (κ1) is 26.5. The van der Waals surface area contributed by atoms with Crippen molar-refractivity contribution in [3.8, 4) is 0 Å². The number of carbonyl (C=O) groups excluding carboxylic acids is 2. The molecule has 3 aromatic carbocycles. The molecule has 0 fully saturated rings. The lowest BCUT2D eigenvalue weighted by Crippen LogP contribution is -2.33. The molecule has 0 aromatic heterocycles. The molecule has 1 N–H and O–H groups in total. The normalized spacial score (nSPS) is 17.0. The maximum Gasteiger partial charge on any atom is 0.339 e. The van der Waals surface area contributed by atoms with Crippen molar-refractivity contribution < 1.29 is 18.7 Å². The van der Waals surface area contributed by atoms with Gasteiger partial charge in [-0.25, -0.2) is 9.18 Å². The second-order valence-corrected chi connectivity index (χ2v) is 10.0. The van der Waals surface area contributed by atoms with Gasteiger partial charge in [0.2, 0.25) is 0 Å². The van der Waals surface area contributed by atoms with E-state index in [1.165, 1.54) is 6.07 Å². The molecule has 37 heavy (non-hydrogen) atoms. The highest BCUT2D eigenvalue weighted by atomic mass is 19.1. The van der Waals surface area contributed by atoms with Crippen LogP contribution >= 0.6 is 0 Å². The molecule has 1 heterocycles. The van der Waals surface area contributed by atoms with Crippen LogP contribution in [0.4, 0.5) is 10.1 Å². The molecule has 1 aliphatic heterocycles. The van der Waals surface area contributed by atoms with E-state index in [0.717, 1.165) is 41.4 Å². The van der Waals surface area contributed by atoms with Gasteiger partial charge in [-0.3, -0.25) is 4.79 Å². The molecule has 0 amide bonds. The number of carbonyl (C=O) groups is 2. The zero-order valence-electron chi connectivity index (χ0n) is 22.0. The molecule has 2 atom stereocenters. The Bertz CT molecular complexity index is 1270. The SMILES string of the molecule is CCOC(=O)c1cc(F)cc2c1C(=O)[C@H](c1ccc(CN(C)C)cc1)[C@H](c1ccc(CN(C)C)cc1)N2. The lowest BCUT2D eigenvalue weighted by molar-refractivity contribution is 0.0522. The van der Waals surface area contributed by atoms with Crippen LogP contribution in [0.25, 0.3) is 0 Å². The number of Topliss-reactive ketones (excluding diaryl/α,β-unsaturated/α-hetero) is 1. The summed E-state index contributed by atoms with van der Waals surface area (Å²) < 4.78 is 19.7. The number of fused-ring (bicyclic) bond motifs is 1. The van der Waals surface area contributed by atoms with E-state index in [1.54, 1.807) is 6.92 Å². The fraction of sp³-hybridized carbons (Fsp3) is 0.333. The van der Waals surface area contributed by atoms with Crippen molar-refractivity contribution in [1.82, 2.24) is 9.80 Å². The molecule has 0 spiro atoms. The van der Waals surface area contributed by atoms with E-state index < -0.39 is 23.7 Å². The molecule has 0 saturated heterocycles. The van der Waals surface area contributed by atoms with Gasteiger partial charge in [-0.15, -0.1) is 0 Å². The van der Waals surface area contributed by atoms with Gasteiger partial charge < -0.3 is 19.9 Å². The standard InChI is InChI=1S/C30H34FN3O3/c1-6-37-30(36)24-15-23(31)16-25-27(24)29(35)26(21-11-7-19(8-12-21)17-33(2)3)28(32-25)22-13-9-20(10-14-22)18-34(4)5/h7-16,26,28,32H,6,17-18H2,1-5H3/t26-,28+/m1/s1. The Morgan fingerprint density at radius 1 is 0.892 bits per heavy atom. The first-order valence-electron chi connectivity index (χ1n) is 12.5. The Morgan fingerprint density at radius 3 is 1.95 bits per heavy atom. The van der Waals surface area contributed by atoms with Crippen LogP contribution in [0.2, 0.25) is 0 Å². The number of hydrogen-bond acceptors (Lipinski definition) is 6. The highest BCUT2D eigenvalue weighted by molar-refractivity contribution is 6.14. The number of rotatable bonds is 8. The van der Waals surface area contributed by atoms with E-state index in [4.69, 9.17) is 4.74 Å². The number of benzene rings is 3. The summed E-state index contributed by atoms with van der Waals surface area (Å²) in [5, 5.41) is 3.39. The molecule has 0 unspecified atom stereocenters. The van der Waals surface area contributed by atoms with Gasteiger partial charge in [0.1, 0.15) is 5.82 Å². The van der Waals surface area contributed by atoms with Crippen LogP contribution in [0.15, 0.2) is 60.7 Å². The van der Waals surface area contributed by atoms with Gasteiger partial charge in [-0.1, -0.05) is 48.5 Å².